The van der Waals surface area contributed by atoms with Crippen LogP contribution in [0.3, 0.4) is 0 Å². The standard InChI is InChI=1S/C17H13ClN2O/c18-15-9-5-4-8-14(15)12-20-17(21)11-10-16(19-20)13-6-2-1-3-7-13/h1-11H,12H2. The van der Waals surface area contributed by atoms with E-state index in [1.807, 2.05) is 54.6 Å². The monoisotopic (exact) mass is 296 g/mol. The van der Waals surface area contributed by atoms with E-state index in [1.54, 1.807) is 6.07 Å². The highest BCUT2D eigenvalue weighted by atomic mass is 35.5. The fourth-order valence-corrected chi connectivity index (χ4v) is 2.31. The minimum atomic E-state index is -0.144. The molecule has 1 heterocycles. The lowest BCUT2D eigenvalue weighted by molar-refractivity contribution is 0.643. The van der Waals surface area contributed by atoms with Crippen molar-refractivity contribution in [3.05, 3.63) is 87.7 Å². The number of rotatable bonds is 3. The van der Waals surface area contributed by atoms with E-state index in [9.17, 15) is 4.79 Å². The molecule has 0 aliphatic rings. The van der Waals surface area contributed by atoms with Crippen LogP contribution in [-0.4, -0.2) is 9.78 Å². The third-order valence-corrected chi connectivity index (χ3v) is 3.58. The number of hydrogen-bond acceptors (Lipinski definition) is 2. The molecule has 21 heavy (non-hydrogen) atoms. The number of nitrogens with zero attached hydrogens (tertiary/aromatic N) is 2. The Balaban J connectivity index is 2.00. The molecule has 0 fully saturated rings. The van der Waals surface area contributed by atoms with Gasteiger partial charge in [0.25, 0.3) is 5.56 Å². The second-order valence-corrected chi connectivity index (χ2v) is 5.08. The fourth-order valence-electron chi connectivity index (χ4n) is 2.11. The molecule has 0 unspecified atom stereocenters. The third kappa shape index (κ3) is 3.03. The maximum absolute atomic E-state index is 12.0. The summed E-state index contributed by atoms with van der Waals surface area (Å²) in [7, 11) is 0. The summed E-state index contributed by atoms with van der Waals surface area (Å²) in [6.45, 7) is 0.360. The van der Waals surface area contributed by atoms with Gasteiger partial charge < -0.3 is 0 Å². The molecule has 0 aliphatic heterocycles. The summed E-state index contributed by atoms with van der Waals surface area (Å²) in [5.41, 5.74) is 2.47. The molecular weight excluding hydrogens is 284 g/mol. The number of benzene rings is 2. The lowest BCUT2D eigenvalue weighted by atomic mass is 10.1. The summed E-state index contributed by atoms with van der Waals surface area (Å²) < 4.78 is 1.43. The van der Waals surface area contributed by atoms with Gasteiger partial charge in [-0.25, -0.2) is 4.68 Å². The zero-order chi connectivity index (χ0) is 14.7. The maximum atomic E-state index is 12.0. The SMILES string of the molecule is O=c1ccc(-c2ccccc2)nn1Cc1ccccc1Cl. The van der Waals surface area contributed by atoms with Gasteiger partial charge in [0.1, 0.15) is 0 Å². The second-order valence-electron chi connectivity index (χ2n) is 4.67. The first-order valence-corrected chi connectivity index (χ1v) is 6.99. The molecule has 3 aromatic rings. The second kappa shape index (κ2) is 5.94. The zero-order valence-corrected chi connectivity index (χ0v) is 12.0. The summed E-state index contributed by atoms with van der Waals surface area (Å²) in [4.78, 5) is 12.0. The predicted molar refractivity (Wildman–Crippen MR) is 84.5 cm³/mol. The van der Waals surface area contributed by atoms with Gasteiger partial charge in [0, 0.05) is 16.7 Å². The molecule has 0 saturated carbocycles. The lowest BCUT2D eigenvalue weighted by Gasteiger charge is -2.08. The lowest BCUT2D eigenvalue weighted by Crippen LogP contribution is -2.22. The van der Waals surface area contributed by atoms with Gasteiger partial charge in [0.15, 0.2) is 0 Å². The van der Waals surface area contributed by atoms with Crippen LogP contribution < -0.4 is 5.56 Å². The molecule has 0 radical (unpaired) electrons. The highest BCUT2D eigenvalue weighted by molar-refractivity contribution is 6.31. The van der Waals surface area contributed by atoms with E-state index in [4.69, 9.17) is 11.6 Å². The minimum absolute atomic E-state index is 0.144. The van der Waals surface area contributed by atoms with Gasteiger partial charge in [-0.3, -0.25) is 4.79 Å². The minimum Gasteiger partial charge on any atom is -0.268 e. The molecule has 0 amide bonds. The number of aromatic nitrogens is 2. The van der Waals surface area contributed by atoms with E-state index in [1.165, 1.54) is 10.7 Å². The van der Waals surface area contributed by atoms with Gasteiger partial charge in [-0.15, -0.1) is 0 Å². The Morgan fingerprint density at radius 2 is 1.62 bits per heavy atom. The van der Waals surface area contributed by atoms with E-state index in [0.29, 0.717) is 11.6 Å². The Morgan fingerprint density at radius 3 is 2.38 bits per heavy atom. The van der Waals surface area contributed by atoms with Crippen molar-refractivity contribution < 1.29 is 0 Å². The normalized spacial score (nSPS) is 10.5. The highest BCUT2D eigenvalue weighted by Gasteiger charge is 2.05. The van der Waals surface area contributed by atoms with Crippen LogP contribution in [0, 0.1) is 0 Å². The van der Waals surface area contributed by atoms with E-state index < -0.39 is 0 Å². The van der Waals surface area contributed by atoms with Crippen LogP contribution in [0.5, 0.6) is 0 Å². The van der Waals surface area contributed by atoms with Crippen molar-refractivity contribution in [3.63, 3.8) is 0 Å². The van der Waals surface area contributed by atoms with Crippen LogP contribution in [0.1, 0.15) is 5.56 Å². The molecule has 1 aromatic heterocycles. The van der Waals surface area contributed by atoms with Crippen LogP contribution in [-0.2, 0) is 6.54 Å². The quantitative estimate of drug-likeness (QED) is 0.740. The molecule has 104 valence electrons. The third-order valence-electron chi connectivity index (χ3n) is 3.21. The van der Waals surface area contributed by atoms with Crippen molar-refractivity contribution in [1.29, 1.82) is 0 Å². The molecule has 0 N–H and O–H groups in total. The fraction of sp³-hybridized carbons (Fsp3) is 0.0588. The van der Waals surface area contributed by atoms with Crippen molar-refractivity contribution in [2.75, 3.05) is 0 Å². The molecule has 0 atom stereocenters. The Labute approximate surface area is 127 Å². The summed E-state index contributed by atoms with van der Waals surface area (Å²) >= 11 is 6.14. The van der Waals surface area contributed by atoms with Gasteiger partial charge in [0.2, 0.25) is 0 Å². The Kier molecular flexibility index (Phi) is 3.84. The first-order chi connectivity index (χ1) is 10.2. The van der Waals surface area contributed by atoms with Crippen molar-refractivity contribution >= 4 is 11.6 Å². The van der Waals surface area contributed by atoms with Crippen molar-refractivity contribution in [1.82, 2.24) is 9.78 Å². The largest absolute Gasteiger partial charge is 0.268 e. The van der Waals surface area contributed by atoms with Crippen molar-refractivity contribution in [2.45, 2.75) is 6.54 Å². The topological polar surface area (TPSA) is 34.9 Å². The summed E-state index contributed by atoms with van der Waals surface area (Å²) in [6, 6.07) is 20.5. The Hall–Kier alpha value is -2.39. The number of hydrogen-bond donors (Lipinski definition) is 0. The first-order valence-electron chi connectivity index (χ1n) is 6.61. The van der Waals surface area contributed by atoms with E-state index in [-0.39, 0.29) is 5.56 Å². The van der Waals surface area contributed by atoms with Crippen molar-refractivity contribution in [3.8, 4) is 11.3 Å². The Morgan fingerprint density at radius 1 is 0.905 bits per heavy atom. The predicted octanol–water partition coefficient (Wildman–Crippen LogP) is 3.61. The smallest absolute Gasteiger partial charge is 0.267 e. The molecule has 0 bridgehead atoms. The first kappa shape index (κ1) is 13.6. The molecule has 3 rings (SSSR count). The average molecular weight is 297 g/mol. The molecule has 0 spiro atoms. The molecule has 3 nitrogen and oxygen atoms in total. The van der Waals surface area contributed by atoms with E-state index >= 15 is 0 Å². The summed E-state index contributed by atoms with van der Waals surface area (Å²) in [5.74, 6) is 0. The van der Waals surface area contributed by atoms with Crippen molar-refractivity contribution in [2.24, 2.45) is 0 Å². The van der Waals surface area contributed by atoms with Gasteiger partial charge in [-0.05, 0) is 17.7 Å². The van der Waals surface area contributed by atoms with Gasteiger partial charge in [-0.2, -0.15) is 5.10 Å². The molecule has 0 saturated heterocycles. The van der Waals surface area contributed by atoms with Gasteiger partial charge >= 0.3 is 0 Å². The molecule has 2 aromatic carbocycles. The van der Waals surface area contributed by atoms with Gasteiger partial charge in [-0.1, -0.05) is 60.1 Å². The zero-order valence-electron chi connectivity index (χ0n) is 11.2. The van der Waals surface area contributed by atoms with Crippen LogP contribution in [0.15, 0.2) is 71.5 Å². The average Bonchev–Trinajstić information content (AvgIpc) is 2.52. The molecule has 0 aliphatic carbocycles. The maximum Gasteiger partial charge on any atom is 0.267 e. The van der Waals surface area contributed by atoms with E-state index in [0.717, 1.165) is 16.8 Å². The Bertz CT molecular complexity index is 812. The number of halogens is 1. The van der Waals surface area contributed by atoms with E-state index in [2.05, 4.69) is 5.10 Å². The van der Waals surface area contributed by atoms with Crippen LogP contribution in [0.25, 0.3) is 11.3 Å². The van der Waals surface area contributed by atoms with Crippen LogP contribution in [0.4, 0.5) is 0 Å². The molecule has 4 heteroatoms. The summed E-state index contributed by atoms with van der Waals surface area (Å²) in [5, 5.41) is 5.06. The van der Waals surface area contributed by atoms with Crippen LogP contribution >= 0.6 is 11.6 Å². The highest BCUT2D eigenvalue weighted by Crippen LogP contribution is 2.17. The van der Waals surface area contributed by atoms with Crippen LogP contribution in [0.2, 0.25) is 5.02 Å². The van der Waals surface area contributed by atoms with Gasteiger partial charge in [0.05, 0.1) is 12.2 Å². The molecular formula is C17H13ClN2O. The summed E-state index contributed by atoms with van der Waals surface area (Å²) in [6.07, 6.45) is 0.